The van der Waals surface area contributed by atoms with Crippen LogP contribution >= 0.6 is 0 Å². The van der Waals surface area contributed by atoms with Gasteiger partial charge in [-0.15, -0.1) is 0 Å². The average molecular weight is 510 g/mol. The van der Waals surface area contributed by atoms with E-state index in [0.717, 1.165) is 18.1 Å². The molecule has 0 aliphatic carbocycles. The second kappa shape index (κ2) is 8.34. The first-order valence-corrected chi connectivity index (χ1v) is 13.7. The van der Waals surface area contributed by atoms with Gasteiger partial charge >= 0.3 is 5.82 Å². The zero-order chi connectivity index (χ0) is 26.9. The van der Waals surface area contributed by atoms with Crippen molar-refractivity contribution < 1.29 is 4.58 Å². The summed E-state index contributed by atoms with van der Waals surface area (Å²) in [7, 11) is 4.33. The van der Waals surface area contributed by atoms with Gasteiger partial charge in [-0.3, -0.25) is 0 Å². The molecule has 0 saturated carbocycles. The second-order valence-corrected chi connectivity index (χ2v) is 11.7. The van der Waals surface area contributed by atoms with Crippen LogP contribution in [0.15, 0.2) is 103 Å². The van der Waals surface area contributed by atoms with Crippen LogP contribution in [-0.4, -0.2) is 34.4 Å². The Kier molecular flexibility index (Phi) is 5.09. The fourth-order valence-corrected chi connectivity index (χ4v) is 7.09. The molecular formula is C35H33N4+. The first-order valence-electron chi connectivity index (χ1n) is 13.7. The lowest BCUT2D eigenvalue weighted by Crippen LogP contribution is -2.33. The van der Waals surface area contributed by atoms with Gasteiger partial charge in [0.1, 0.15) is 17.7 Å². The predicted octanol–water partition coefficient (Wildman–Crippen LogP) is 7.32. The Balaban J connectivity index is 1.47. The Hall–Kier alpha value is -4.31. The van der Waals surface area contributed by atoms with Gasteiger partial charge in [-0.2, -0.15) is 0 Å². The number of allylic oxidation sites excluding steroid dienone is 2. The van der Waals surface area contributed by atoms with Crippen LogP contribution < -0.4 is 4.90 Å². The van der Waals surface area contributed by atoms with E-state index in [2.05, 4.69) is 129 Å². The summed E-state index contributed by atoms with van der Waals surface area (Å²) in [6.07, 6.45) is 7.33. The van der Waals surface area contributed by atoms with E-state index in [1.807, 2.05) is 12.4 Å². The minimum atomic E-state index is -0.270. The van der Waals surface area contributed by atoms with Gasteiger partial charge in [-0.1, -0.05) is 78.9 Å². The third-order valence-electron chi connectivity index (χ3n) is 8.97. The van der Waals surface area contributed by atoms with E-state index in [9.17, 15) is 0 Å². The van der Waals surface area contributed by atoms with Crippen LogP contribution in [0.25, 0.3) is 21.5 Å². The molecule has 0 fully saturated rings. The molecule has 0 radical (unpaired) electrons. The summed E-state index contributed by atoms with van der Waals surface area (Å²) >= 11 is 0. The maximum atomic E-state index is 5.02. The van der Waals surface area contributed by atoms with Gasteiger partial charge in [0.05, 0.1) is 18.0 Å². The van der Waals surface area contributed by atoms with Crippen molar-refractivity contribution in [3.8, 4) is 0 Å². The monoisotopic (exact) mass is 509 g/mol. The third-order valence-corrected chi connectivity index (χ3v) is 8.97. The first-order chi connectivity index (χ1) is 18.8. The number of hydrogen-bond donors (Lipinski definition) is 0. The molecule has 0 amide bonds. The number of benzene rings is 3. The quantitative estimate of drug-likeness (QED) is 0.239. The van der Waals surface area contributed by atoms with E-state index in [1.54, 1.807) is 0 Å². The van der Waals surface area contributed by atoms with E-state index < -0.39 is 0 Å². The van der Waals surface area contributed by atoms with Crippen LogP contribution in [0.5, 0.6) is 0 Å². The smallest absolute Gasteiger partial charge is 0.327 e. The number of anilines is 1. The SMILES string of the molecule is CN1C(=CC2=[N+](C)c3ncc4ccccc4c3C2(C)C)C(C)(Cc2ccccc2)c2c1ncc1ccccc21. The molecule has 0 bridgehead atoms. The number of nitrogens with zero attached hydrogens (tertiary/aromatic N) is 4. The minimum absolute atomic E-state index is 0.219. The Morgan fingerprint density at radius 1 is 0.769 bits per heavy atom. The lowest BCUT2D eigenvalue weighted by Gasteiger charge is -2.30. The van der Waals surface area contributed by atoms with Crippen LogP contribution in [0, 0.1) is 0 Å². The fourth-order valence-electron chi connectivity index (χ4n) is 7.09. The normalized spacial score (nSPS) is 20.7. The van der Waals surface area contributed by atoms with Gasteiger partial charge in [-0.25, -0.2) is 9.56 Å². The number of fused-ring (bicyclic) bond motifs is 6. The molecule has 1 unspecified atom stereocenters. The number of rotatable bonds is 3. The Morgan fingerprint density at radius 3 is 2.05 bits per heavy atom. The Morgan fingerprint density at radius 2 is 1.36 bits per heavy atom. The molecule has 1 atom stereocenters. The predicted molar refractivity (Wildman–Crippen MR) is 161 cm³/mol. The summed E-state index contributed by atoms with van der Waals surface area (Å²) < 4.78 is 2.29. The standard InChI is InChI=1S/C35H33N4/c1-34(2)28(38(4)32-30(34)26-17-11-9-15-24(26)21-36-32)19-29-35(3,20-23-13-7-6-8-14-23)31-27-18-12-10-16-25(27)22-37-33(31)39(29)5/h6-19,21-22H,20H2,1-5H3/q+1. The lowest BCUT2D eigenvalue weighted by molar-refractivity contribution is -0.405. The fraction of sp³-hybridized carbons (Fsp3) is 0.229. The van der Waals surface area contributed by atoms with Crippen molar-refractivity contribution in [1.29, 1.82) is 0 Å². The molecule has 0 N–H and O–H groups in total. The number of pyridine rings is 2. The van der Waals surface area contributed by atoms with Crippen LogP contribution in [-0.2, 0) is 17.3 Å². The first kappa shape index (κ1) is 23.8. The molecule has 2 aliphatic rings. The molecule has 4 nitrogen and oxygen atoms in total. The molecule has 2 aromatic heterocycles. The highest BCUT2D eigenvalue weighted by molar-refractivity contribution is 6.08. The van der Waals surface area contributed by atoms with Crippen molar-refractivity contribution in [3.63, 3.8) is 0 Å². The van der Waals surface area contributed by atoms with Crippen molar-refractivity contribution in [2.24, 2.45) is 0 Å². The van der Waals surface area contributed by atoms with Gasteiger partial charge in [0.2, 0.25) is 0 Å². The highest BCUT2D eigenvalue weighted by Crippen LogP contribution is 2.52. The van der Waals surface area contributed by atoms with Gasteiger partial charge < -0.3 is 4.90 Å². The van der Waals surface area contributed by atoms with Gasteiger partial charge in [0.15, 0.2) is 0 Å². The van der Waals surface area contributed by atoms with E-state index in [1.165, 1.54) is 49.6 Å². The Labute approximate surface area is 230 Å². The zero-order valence-corrected chi connectivity index (χ0v) is 23.2. The summed E-state index contributed by atoms with van der Waals surface area (Å²) in [5, 5.41) is 4.91. The van der Waals surface area contributed by atoms with Crippen molar-refractivity contribution in [2.45, 2.75) is 38.0 Å². The molecule has 4 heterocycles. The van der Waals surface area contributed by atoms with E-state index >= 15 is 0 Å². The third kappa shape index (κ3) is 3.34. The summed E-state index contributed by atoms with van der Waals surface area (Å²) in [5.74, 6) is 2.08. The van der Waals surface area contributed by atoms with Gasteiger partial charge in [-0.05, 0) is 48.5 Å². The highest BCUT2D eigenvalue weighted by Gasteiger charge is 2.49. The van der Waals surface area contributed by atoms with E-state index in [4.69, 9.17) is 9.97 Å². The summed E-state index contributed by atoms with van der Waals surface area (Å²) in [4.78, 5) is 12.3. The van der Waals surface area contributed by atoms with Gasteiger partial charge in [0.25, 0.3) is 0 Å². The van der Waals surface area contributed by atoms with Crippen molar-refractivity contribution >= 4 is 38.9 Å². The summed E-state index contributed by atoms with van der Waals surface area (Å²) in [6, 6.07) is 28.1. The largest absolute Gasteiger partial charge is 0.332 e. The van der Waals surface area contributed by atoms with Crippen molar-refractivity contribution in [1.82, 2.24) is 9.97 Å². The van der Waals surface area contributed by atoms with Gasteiger partial charge in [0, 0.05) is 46.8 Å². The molecule has 192 valence electrons. The van der Waals surface area contributed by atoms with Crippen LogP contribution in [0.4, 0.5) is 11.6 Å². The molecule has 0 spiro atoms. The molecule has 2 aliphatic heterocycles. The second-order valence-electron chi connectivity index (χ2n) is 11.7. The highest BCUT2D eigenvalue weighted by atomic mass is 15.2. The maximum absolute atomic E-state index is 5.02. The lowest BCUT2D eigenvalue weighted by atomic mass is 9.73. The van der Waals surface area contributed by atoms with Crippen LogP contribution in [0.3, 0.4) is 0 Å². The molecule has 39 heavy (non-hydrogen) atoms. The minimum Gasteiger partial charge on any atom is -0.332 e. The number of likely N-dealkylation sites (N-methyl/N-ethyl adjacent to an activating group) is 1. The van der Waals surface area contributed by atoms with Crippen molar-refractivity contribution in [2.75, 3.05) is 19.0 Å². The molecular weight excluding hydrogens is 476 g/mol. The molecule has 4 heteroatoms. The van der Waals surface area contributed by atoms with Crippen molar-refractivity contribution in [3.05, 3.63) is 120 Å². The molecule has 0 saturated heterocycles. The van der Waals surface area contributed by atoms with E-state index in [0.29, 0.717) is 0 Å². The molecule has 5 aromatic rings. The van der Waals surface area contributed by atoms with E-state index in [-0.39, 0.29) is 10.8 Å². The number of aromatic nitrogens is 2. The molecule has 3 aromatic carbocycles. The van der Waals surface area contributed by atoms with Crippen LogP contribution in [0.1, 0.15) is 37.5 Å². The van der Waals surface area contributed by atoms with Crippen LogP contribution in [0.2, 0.25) is 0 Å². The Bertz CT molecular complexity index is 1850. The summed E-state index contributed by atoms with van der Waals surface area (Å²) in [6.45, 7) is 7.06. The molecule has 7 rings (SSSR count). The number of hydrogen-bond acceptors (Lipinski definition) is 3. The maximum Gasteiger partial charge on any atom is 0.327 e. The summed E-state index contributed by atoms with van der Waals surface area (Å²) in [5.41, 5.74) is 5.94. The average Bonchev–Trinajstić information content (AvgIpc) is 3.28. The topological polar surface area (TPSA) is 32.0 Å². The zero-order valence-electron chi connectivity index (χ0n) is 23.2.